The number of carbonyl (C=O) groups is 1. The van der Waals surface area contributed by atoms with E-state index in [1.807, 2.05) is 29.8 Å². The molecule has 0 amide bonds. The van der Waals surface area contributed by atoms with Crippen LogP contribution in [0.5, 0.6) is 0 Å². The molecular formula is C24H25N5O3. The predicted octanol–water partition coefficient (Wildman–Crippen LogP) is 3.52. The van der Waals surface area contributed by atoms with Crippen LogP contribution in [0.4, 0.5) is 0 Å². The fraction of sp³-hybridized carbons (Fsp3) is 0.250. The van der Waals surface area contributed by atoms with Crippen molar-refractivity contribution in [3.05, 3.63) is 88.5 Å². The minimum atomic E-state index is -0.434. The molecule has 0 saturated carbocycles. The van der Waals surface area contributed by atoms with Gasteiger partial charge in [0.1, 0.15) is 5.82 Å². The van der Waals surface area contributed by atoms with E-state index >= 15 is 0 Å². The molecular weight excluding hydrogens is 406 g/mol. The Morgan fingerprint density at radius 2 is 1.94 bits per heavy atom. The van der Waals surface area contributed by atoms with Gasteiger partial charge in [-0.05, 0) is 56.7 Å². The first-order valence-electron chi connectivity index (χ1n) is 10.5. The molecule has 164 valence electrons. The van der Waals surface area contributed by atoms with Crippen molar-refractivity contribution in [1.82, 2.24) is 24.8 Å². The fourth-order valence-corrected chi connectivity index (χ4v) is 3.40. The van der Waals surface area contributed by atoms with Crippen LogP contribution in [0.25, 0.3) is 16.6 Å². The lowest BCUT2D eigenvalue weighted by molar-refractivity contribution is 0.0378. The number of ether oxygens (including phenoxy) is 1. The van der Waals surface area contributed by atoms with E-state index in [4.69, 9.17) is 4.74 Å². The highest BCUT2D eigenvalue weighted by molar-refractivity contribution is 5.94. The SMILES string of the molecule is CC(C)OC(=O)c1ccc2c(=O)[nH]c(CNC(C)c3ccc(-n4ccnc4)cc3)nc2c1. The van der Waals surface area contributed by atoms with Crippen molar-refractivity contribution in [2.24, 2.45) is 0 Å². The smallest absolute Gasteiger partial charge is 0.338 e. The highest BCUT2D eigenvalue weighted by Gasteiger charge is 2.13. The lowest BCUT2D eigenvalue weighted by Gasteiger charge is -2.15. The number of hydrogen-bond acceptors (Lipinski definition) is 6. The number of nitrogens with one attached hydrogen (secondary N) is 2. The summed E-state index contributed by atoms with van der Waals surface area (Å²) in [5.41, 5.74) is 2.73. The lowest BCUT2D eigenvalue weighted by Crippen LogP contribution is -2.22. The van der Waals surface area contributed by atoms with E-state index < -0.39 is 5.97 Å². The molecule has 8 nitrogen and oxygen atoms in total. The van der Waals surface area contributed by atoms with Gasteiger partial charge in [0.2, 0.25) is 0 Å². The number of nitrogens with zero attached hydrogens (tertiary/aromatic N) is 3. The second-order valence-corrected chi connectivity index (χ2v) is 7.86. The molecule has 0 bridgehead atoms. The summed E-state index contributed by atoms with van der Waals surface area (Å²) in [6.07, 6.45) is 5.17. The molecule has 32 heavy (non-hydrogen) atoms. The van der Waals surface area contributed by atoms with Crippen LogP contribution in [-0.4, -0.2) is 31.6 Å². The summed E-state index contributed by atoms with van der Waals surface area (Å²) in [6.45, 7) is 6.00. The zero-order valence-corrected chi connectivity index (χ0v) is 18.2. The first-order chi connectivity index (χ1) is 15.4. The van der Waals surface area contributed by atoms with Gasteiger partial charge < -0.3 is 19.6 Å². The second kappa shape index (κ2) is 9.15. The topological polar surface area (TPSA) is 102 Å². The lowest BCUT2D eigenvalue weighted by atomic mass is 10.1. The van der Waals surface area contributed by atoms with E-state index in [9.17, 15) is 9.59 Å². The summed E-state index contributed by atoms with van der Waals surface area (Å²) in [7, 11) is 0. The number of esters is 1. The van der Waals surface area contributed by atoms with Crippen LogP contribution in [-0.2, 0) is 11.3 Å². The van der Waals surface area contributed by atoms with E-state index in [1.54, 1.807) is 44.6 Å². The average Bonchev–Trinajstić information content (AvgIpc) is 3.32. The Bertz CT molecular complexity index is 1280. The van der Waals surface area contributed by atoms with Crippen LogP contribution in [0, 0.1) is 0 Å². The van der Waals surface area contributed by atoms with E-state index in [-0.39, 0.29) is 17.7 Å². The summed E-state index contributed by atoms with van der Waals surface area (Å²) in [5, 5.41) is 3.81. The number of H-pyrrole nitrogens is 1. The van der Waals surface area contributed by atoms with Gasteiger partial charge in [-0.25, -0.2) is 14.8 Å². The molecule has 4 rings (SSSR count). The molecule has 0 spiro atoms. The van der Waals surface area contributed by atoms with Crippen molar-refractivity contribution >= 4 is 16.9 Å². The summed E-state index contributed by atoms with van der Waals surface area (Å²) in [4.78, 5) is 36.1. The maximum absolute atomic E-state index is 12.5. The number of rotatable bonds is 7. The maximum atomic E-state index is 12.5. The van der Waals surface area contributed by atoms with Crippen molar-refractivity contribution in [2.45, 2.75) is 39.5 Å². The molecule has 0 saturated heterocycles. The molecule has 2 heterocycles. The molecule has 1 atom stereocenters. The van der Waals surface area contributed by atoms with E-state index in [1.165, 1.54) is 0 Å². The summed E-state index contributed by atoms with van der Waals surface area (Å²) >= 11 is 0. The number of hydrogen-bond donors (Lipinski definition) is 2. The van der Waals surface area contributed by atoms with Crippen molar-refractivity contribution in [3.63, 3.8) is 0 Å². The fourth-order valence-electron chi connectivity index (χ4n) is 3.40. The molecule has 2 aromatic carbocycles. The summed E-state index contributed by atoms with van der Waals surface area (Å²) < 4.78 is 7.18. The molecule has 0 aliphatic carbocycles. The van der Waals surface area contributed by atoms with Crippen LogP contribution in [0.3, 0.4) is 0 Å². The van der Waals surface area contributed by atoms with Crippen LogP contribution in [0.15, 0.2) is 66.0 Å². The first kappa shape index (κ1) is 21.5. The molecule has 2 aromatic heterocycles. The van der Waals surface area contributed by atoms with Gasteiger partial charge in [0, 0.05) is 24.1 Å². The highest BCUT2D eigenvalue weighted by Crippen LogP contribution is 2.17. The summed E-state index contributed by atoms with van der Waals surface area (Å²) in [6, 6.07) is 13.0. The zero-order chi connectivity index (χ0) is 22.7. The van der Waals surface area contributed by atoms with Crippen molar-refractivity contribution in [1.29, 1.82) is 0 Å². The minimum Gasteiger partial charge on any atom is -0.459 e. The van der Waals surface area contributed by atoms with Gasteiger partial charge in [0.25, 0.3) is 5.56 Å². The maximum Gasteiger partial charge on any atom is 0.338 e. The Morgan fingerprint density at radius 1 is 1.16 bits per heavy atom. The van der Waals surface area contributed by atoms with Crippen LogP contribution < -0.4 is 10.9 Å². The van der Waals surface area contributed by atoms with E-state index in [0.717, 1.165) is 11.3 Å². The van der Waals surface area contributed by atoms with Crippen LogP contribution in [0.2, 0.25) is 0 Å². The van der Waals surface area contributed by atoms with Crippen molar-refractivity contribution in [3.8, 4) is 5.69 Å². The molecule has 8 heteroatoms. The van der Waals surface area contributed by atoms with E-state index in [2.05, 4.69) is 32.4 Å². The number of imidazole rings is 1. The van der Waals surface area contributed by atoms with Gasteiger partial charge in [-0.1, -0.05) is 12.1 Å². The predicted molar refractivity (Wildman–Crippen MR) is 122 cm³/mol. The number of aromatic nitrogens is 4. The largest absolute Gasteiger partial charge is 0.459 e. The van der Waals surface area contributed by atoms with Crippen LogP contribution >= 0.6 is 0 Å². The van der Waals surface area contributed by atoms with E-state index in [0.29, 0.717) is 28.8 Å². The third-order valence-electron chi connectivity index (χ3n) is 5.11. The quantitative estimate of drug-likeness (QED) is 0.434. The van der Waals surface area contributed by atoms with Crippen molar-refractivity contribution in [2.75, 3.05) is 0 Å². The normalized spacial score (nSPS) is 12.2. The Hall–Kier alpha value is -3.78. The number of benzene rings is 2. The Balaban J connectivity index is 1.48. The average molecular weight is 431 g/mol. The van der Waals surface area contributed by atoms with Gasteiger partial charge >= 0.3 is 5.97 Å². The number of carbonyl (C=O) groups excluding carboxylic acids is 1. The third-order valence-corrected chi connectivity index (χ3v) is 5.11. The Labute approximate surface area is 185 Å². The second-order valence-electron chi connectivity index (χ2n) is 7.86. The van der Waals surface area contributed by atoms with Gasteiger partial charge in [0.05, 0.1) is 35.4 Å². The van der Waals surface area contributed by atoms with Crippen molar-refractivity contribution < 1.29 is 9.53 Å². The molecule has 0 radical (unpaired) electrons. The Kier molecular flexibility index (Phi) is 6.13. The molecule has 0 aliphatic heterocycles. The van der Waals surface area contributed by atoms with Gasteiger partial charge in [-0.3, -0.25) is 4.79 Å². The molecule has 4 aromatic rings. The number of fused-ring (bicyclic) bond motifs is 1. The molecule has 2 N–H and O–H groups in total. The minimum absolute atomic E-state index is 0.0418. The number of aromatic amines is 1. The third kappa shape index (κ3) is 4.76. The standard InChI is InChI=1S/C24H25N5O3/c1-15(2)32-24(31)18-6-9-20-21(12-18)27-22(28-23(20)30)13-26-16(3)17-4-7-19(8-5-17)29-11-10-25-14-29/h4-12,14-16,26H,13H2,1-3H3,(H,27,28,30). The Morgan fingerprint density at radius 3 is 2.62 bits per heavy atom. The van der Waals surface area contributed by atoms with Gasteiger partial charge in [0.15, 0.2) is 0 Å². The van der Waals surface area contributed by atoms with Crippen LogP contribution in [0.1, 0.15) is 48.6 Å². The van der Waals surface area contributed by atoms with Gasteiger partial charge in [-0.2, -0.15) is 0 Å². The zero-order valence-electron chi connectivity index (χ0n) is 18.2. The molecule has 0 fully saturated rings. The molecule has 1 unspecified atom stereocenters. The van der Waals surface area contributed by atoms with Gasteiger partial charge in [-0.15, -0.1) is 0 Å². The molecule has 0 aliphatic rings. The highest BCUT2D eigenvalue weighted by atomic mass is 16.5. The summed E-state index contributed by atoms with van der Waals surface area (Å²) in [5.74, 6) is 0.0650. The first-order valence-corrected chi connectivity index (χ1v) is 10.5. The monoisotopic (exact) mass is 431 g/mol.